The topological polar surface area (TPSA) is 40.5 Å². The molecule has 23 heavy (non-hydrogen) atoms. The van der Waals surface area contributed by atoms with Gasteiger partial charge in [0, 0.05) is 6.20 Å². The molecular weight excluding hydrogens is 290 g/mol. The van der Waals surface area contributed by atoms with Crippen LogP contribution in [0.5, 0.6) is 11.5 Å². The van der Waals surface area contributed by atoms with Crippen molar-refractivity contribution in [1.29, 1.82) is 0 Å². The summed E-state index contributed by atoms with van der Waals surface area (Å²) < 4.78 is 12.3. The van der Waals surface area contributed by atoms with Crippen LogP contribution in [-0.4, -0.2) is 18.8 Å². The third-order valence-corrected chi connectivity index (χ3v) is 4.01. The van der Waals surface area contributed by atoms with Crippen molar-refractivity contribution >= 4 is 10.8 Å². The summed E-state index contributed by atoms with van der Waals surface area (Å²) in [6.07, 6.45) is 1.90. The molecule has 0 saturated heterocycles. The third-order valence-electron chi connectivity index (χ3n) is 4.01. The van der Waals surface area contributed by atoms with Gasteiger partial charge in [-0.3, -0.25) is 4.79 Å². The van der Waals surface area contributed by atoms with Crippen LogP contribution >= 0.6 is 0 Å². The number of ether oxygens (including phenoxy) is 2. The lowest BCUT2D eigenvalue weighted by atomic mass is 10.1. The SMILES string of the molecule is COc1ccc(Cn2cc(C)c3cccc(OC)c3c2=O)cc1. The van der Waals surface area contributed by atoms with E-state index in [9.17, 15) is 4.79 Å². The van der Waals surface area contributed by atoms with Crippen LogP contribution in [0.1, 0.15) is 11.1 Å². The maximum absolute atomic E-state index is 12.8. The second-order valence-electron chi connectivity index (χ2n) is 5.48. The molecule has 4 nitrogen and oxygen atoms in total. The van der Waals surface area contributed by atoms with Crippen LogP contribution < -0.4 is 15.0 Å². The van der Waals surface area contributed by atoms with Gasteiger partial charge < -0.3 is 14.0 Å². The minimum Gasteiger partial charge on any atom is -0.497 e. The first-order chi connectivity index (χ1) is 11.1. The lowest BCUT2D eigenvalue weighted by Crippen LogP contribution is -2.21. The van der Waals surface area contributed by atoms with Crippen LogP contribution in [-0.2, 0) is 6.54 Å². The molecule has 0 unspecified atom stereocenters. The molecule has 0 aliphatic heterocycles. The van der Waals surface area contributed by atoms with E-state index in [1.807, 2.05) is 55.6 Å². The summed E-state index contributed by atoms with van der Waals surface area (Å²) >= 11 is 0. The van der Waals surface area contributed by atoms with Crippen LogP contribution in [0.15, 0.2) is 53.5 Å². The van der Waals surface area contributed by atoms with E-state index in [0.29, 0.717) is 17.7 Å². The minimum atomic E-state index is -0.0427. The molecule has 0 N–H and O–H groups in total. The van der Waals surface area contributed by atoms with Gasteiger partial charge >= 0.3 is 0 Å². The average Bonchev–Trinajstić information content (AvgIpc) is 2.59. The summed E-state index contributed by atoms with van der Waals surface area (Å²) in [7, 11) is 3.23. The van der Waals surface area contributed by atoms with Crippen molar-refractivity contribution in [3.05, 3.63) is 70.1 Å². The predicted molar refractivity (Wildman–Crippen MR) is 91.6 cm³/mol. The first kappa shape index (κ1) is 15.2. The second-order valence-corrected chi connectivity index (χ2v) is 5.48. The fourth-order valence-electron chi connectivity index (χ4n) is 2.80. The zero-order chi connectivity index (χ0) is 16.4. The van der Waals surface area contributed by atoms with E-state index in [-0.39, 0.29) is 5.56 Å². The maximum atomic E-state index is 12.8. The number of benzene rings is 2. The fraction of sp³-hybridized carbons (Fsp3) is 0.211. The van der Waals surface area contributed by atoms with Crippen LogP contribution in [0.3, 0.4) is 0 Å². The Balaban J connectivity index is 2.10. The number of fused-ring (bicyclic) bond motifs is 1. The first-order valence-corrected chi connectivity index (χ1v) is 7.43. The number of rotatable bonds is 4. The molecule has 3 aromatic rings. The Bertz CT molecular complexity index is 895. The van der Waals surface area contributed by atoms with Crippen LogP contribution in [0.25, 0.3) is 10.8 Å². The van der Waals surface area contributed by atoms with Gasteiger partial charge in [0.2, 0.25) is 0 Å². The first-order valence-electron chi connectivity index (χ1n) is 7.43. The number of aromatic nitrogens is 1. The lowest BCUT2D eigenvalue weighted by molar-refractivity contribution is 0.414. The fourth-order valence-corrected chi connectivity index (χ4v) is 2.80. The van der Waals surface area contributed by atoms with Gasteiger partial charge in [-0.05, 0) is 41.6 Å². The lowest BCUT2D eigenvalue weighted by Gasteiger charge is -2.12. The van der Waals surface area contributed by atoms with E-state index in [2.05, 4.69) is 0 Å². The van der Waals surface area contributed by atoms with Crippen molar-refractivity contribution in [1.82, 2.24) is 4.57 Å². The van der Waals surface area contributed by atoms with Gasteiger partial charge in [0.25, 0.3) is 5.56 Å². The number of hydrogen-bond donors (Lipinski definition) is 0. The summed E-state index contributed by atoms with van der Waals surface area (Å²) in [5.74, 6) is 1.41. The highest BCUT2D eigenvalue weighted by Crippen LogP contribution is 2.24. The van der Waals surface area contributed by atoms with Crippen LogP contribution in [0.2, 0.25) is 0 Å². The molecule has 0 bridgehead atoms. The highest BCUT2D eigenvalue weighted by molar-refractivity contribution is 5.89. The van der Waals surface area contributed by atoms with Gasteiger partial charge in [0.15, 0.2) is 0 Å². The zero-order valence-electron chi connectivity index (χ0n) is 13.5. The molecule has 1 heterocycles. The predicted octanol–water partition coefficient (Wildman–Crippen LogP) is 3.38. The molecule has 3 rings (SSSR count). The van der Waals surface area contributed by atoms with Gasteiger partial charge in [-0.2, -0.15) is 0 Å². The highest BCUT2D eigenvalue weighted by atomic mass is 16.5. The van der Waals surface area contributed by atoms with E-state index < -0.39 is 0 Å². The second kappa shape index (κ2) is 6.16. The maximum Gasteiger partial charge on any atom is 0.262 e. The summed E-state index contributed by atoms with van der Waals surface area (Å²) in [5.41, 5.74) is 2.05. The molecule has 4 heteroatoms. The van der Waals surface area contributed by atoms with E-state index >= 15 is 0 Å². The summed E-state index contributed by atoms with van der Waals surface area (Å²) in [5, 5.41) is 1.56. The Hall–Kier alpha value is -2.75. The molecule has 0 saturated carbocycles. The number of aryl methyl sites for hydroxylation is 1. The van der Waals surface area contributed by atoms with Gasteiger partial charge in [-0.15, -0.1) is 0 Å². The number of hydrogen-bond acceptors (Lipinski definition) is 3. The van der Waals surface area contributed by atoms with Crippen molar-refractivity contribution in [3.63, 3.8) is 0 Å². The van der Waals surface area contributed by atoms with Gasteiger partial charge in [0.05, 0.1) is 26.2 Å². The van der Waals surface area contributed by atoms with Crippen molar-refractivity contribution in [3.8, 4) is 11.5 Å². The van der Waals surface area contributed by atoms with Crippen molar-refractivity contribution in [2.45, 2.75) is 13.5 Å². The van der Waals surface area contributed by atoms with Gasteiger partial charge in [0.1, 0.15) is 11.5 Å². The monoisotopic (exact) mass is 309 g/mol. The molecule has 0 radical (unpaired) electrons. The number of methoxy groups -OCH3 is 2. The van der Waals surface area contributed by atoms with E-state index in [1.165, 1.54) is 0 Å². The van der Waals surface area contributed by atoms with Crippen molar-refractivity contribution in [2.24, 2.45) is 0 Å². The number of pyridine rings is 1. The highest BCUT2D eigenvalue weighted by Gasteiger charge is 2.11. The van der Waals surface area contributed by atoms with Gasteiger partial charge in [-0.1, -0.05) is 24.3 Å². The molecule has 118 valence electrons. The molecule has 0 aliphatic rings. The minimum absolute atomic E-state index is 0.0427. The molecule has 2 aromatic carbocycles. The third kappa shape index (κ3) is 2.80. The Labute approximate surface area is 134 Å². The Morgan fingerprint density at radius 1 is 1.00 bits per heavy atom. The Morgan fingerprint density at radius 2 is 1.74 bits per heavy atom. The van der Waals surface area contributed by atoms with Crippen LogP contribution in [0.4, 0.5) is 0 Å². The molecule has 1 aromatic heterocycles. The molecule has 0 fully saturated rings. The molecular formula is C19H19NO3. The Kier molecular flexibility index (Phi) is 4.06. The van der Waals surface area contributed by atoms with Gasteiger partial charge in [-0.25, -0.2) is 0 Å². The zero-order valence-corrected chi connectivity index (χ0v) is 13.5. The van der Waals surface area contributed by atoms with Crippen molar-refractivity contribution < 1.29 is 9.47 Å². The summed E-state index contributed by atoms with van der Waals surface area (Å²) in [6.45, 7) is 2.52. The van der Waals surface area contributed by atoms with E-state index in [0.717, 1.165) is 22.3 Å². The van der Waals surface area contributed by atoms with Crippen LogP contribution in [0, 0.1) is 6.92 Å². The molecule has 0 amide bonds. The average molecular weight is 309 g/mol. The van der Waals surface area contributed by atoms with E-state index in [4.69, 9.17) is 9.47 Å². The summed E-state index contributed by atoms with van der Waals surface area (Å²) in [6, 6.07) is 13.4. The van der Waals surface area contributed by atoms with E-state index in [1.54, 1.807) is 18.8 Å². The smallest absolute Gasteiger partial charge is 0.262 e. The molecule has 0 atom stereocenters. The quantitative estimate of drug-likeness (QED) is 0.742. The number of nitrogens with zero attached hydrogens (tertiary/aromatic N) is 1. The normalized spacial score (nSPS) is 10.7. The largest absolute Gasteiger partial charge is 0.497 e. The molecule has 0 aliphatic carbocycles. The molecule has 0 spiro atoms. The standard InChI is InChI=1S/C19H19NO3/c1-13-11-20(12-14-7-9-15(22-2)10-8-14)19(21)18-16(13)5-4-6-17(18)23-3/h4-11H,12H2,1-3H3. The van der Waals surface area contributed by atoms with Crippen molar-refractivity contribution in [2.75, 3.05) is 14.2 Å². The Morgan fingerprint density at radius 3 is 2.39 bits per heavy atom. The summed E-state index contributed by atoms with van der Waals surface area (Å²) in [4.78, 5) is 12.8.